The van der Waals surface area contributed by atoms with Crippen LogP contribution in [0.5, 0.6) is 0 Å². The van der Waals surface area contributed by atoms with Crippen LogP contribution in [0.2, 0.25) is 0 Å². The second-order valence-electron chi connectivity index (χ2n) is 6.80. The number of rotatable bonds is 6. The Balaban J connectivity index is 2.76. The molecular weight excluding hydrogens is 220 g/mol. The van der Waals surface area contributed by atoms with E-state index in [1.54, 1.807) is 0 Å². The molecule has 0 aromatic carbocycles. The smallest absolute Gasteiger partial charge is 0.0304 e. The number of hydrogen-bond acceptors (Lipinski definition) is 2. The molecule has 1 heterocycles. The highest BCUT2D eigenvalue weighted by atomic mass is 15.3. The molecule has 0 spiro atoms. The van der Waals surface area contributed by atoms with Crippen molar-refractivity contribution in [1.29, 1.82) is 0 Å². The fourth-order valence-electron chi connectivity index (χ4n) is 2.94. The van der Waals surface area contributed by atoms with Crippen molar-refractivity contribution >= 4 is 0 Å². The monoisotopic (exact) mass is 254 g/mol. The van der Waals surface area contributed by atoms with Crippen molar-refractivity contribution in [2.24, 2.45) is 5.92 Å². The van der Waals surface area contributed by atoms with Gasteiger partial charge in [-0.2, -0.15) is 0 Å². The molecule has 1 atom stereocenters. The Morgan fingerprint density at radius 1 is 1.11 bits per heavy atom. The van der Waals surface area contributed by atoms with E-state index in [1.165, 1.54) is 38.8 Å². The number of nitrogens with zero attached hydrogens (tertiary/aromatic N) is 1. The van der Waals surface area contributed by atoms with Crippen LogP contribution in [0.1, 0.15) is 67.2 Å². The van der Waals surface area contributed by atoms with Crippen molar-refractivity contribution in [3.8, 4) is 0 Å². The first-order valence-electron chi connectivity index (χ1n) is 7.91. The summed E-state index contributed by atoms with van der Waals surface area (Å²) in [5.41, 5.74) is 0.703. The Labute approximate surface area is 115 Å². The van der Waals surface area contributed by atoms with Gasteiger partial charge in [0, 0.05) is 24.2 Å². The van der Waals surface area contributed by atoms with E-state index in [2.05, 4.69) is 51.8 Å². The Hall–Kier alpha value is -0.0800. The maximum atomic E-state index is 3.85. The number of piperazine rings is 1. The minimum Gasteiger partial charge on any atom is -0.308 e. The van der Waals surface area contributed by atoms with Crippen LogP contribution in [0.3, 0.4) is 0 Å². The molecule has 1 rings (SSSR count). The molecule has 0 bridgehead atoms. The van der Waals surface area contributed by atoms with Crippen LogP contribution in [-0.2, 0) is 0 Å². The van der Waals surface area contributed by atoms with Crippen LogP contribution in [0.25, 0.3) is 0 Å². The first-order valence-corrected chi connectivity index (χ1v) is 7.91. The Bertz CT molecular complexity index is 245. The van der Waals surface area contributed by atoms with Crippen LogP contribution < -0.4 is 5.32 Å². The summed E-state index contributed by atoms with van der Waals surface area (Å²) >= 11 is 0. The van der Waals surface area contributed by atoms with Gasteiger partial charge in [0.05, 0.1) is 0 Å². The zero-order valence-corrected chi connectivity index (χ0v) is 13.5. The van der Waals surface area contributed by atoms with Gasteiger partial charge in [-0.1, -0.05) is 34.6 Å². The molecule has 1 N–H and O–H groups in total. The third-order valence-electron chi connectivity index (χ3n) is 5.19. The van der Waals surface area contributed by atoms with Gasteiger partial charge in [-0.25, -0.2) is 0 Å². The molecule has 1 aliphatic rings. The minimum atomic E-state index is 0.350. The van der Waals surface area contributed by atoms with Crippen molar-refractivity contribution in [1.82, 2.24) is 10.2 Å². The summed E-state index contributed by atoms with van der Waals surface area (Å²) in [4.78, 5) is 2.76. The lowest BCUT2D eigenvalue weighted by Gasteiger charge is -2.53. The molecule has 1 aliphatic heterocycles. The van der Waals surface area contributed by atoms with Crippen LogP contribution in [0.15, 0.2) is 0 Å². The van der Waals surface area contributed by atoms with E-state index in [9.17, 15) is 0 Å². The number of nitrogens with one attached hydrogen (secondary N) is 1. The summed E-state index contributed by atoms with van der Waals surface area (Å²) in [5.74, 6) is 0.804. The van der Waals surface area contributed by atoms with Crippen molar-refractivity contribution in [2.45, 2.75) is 78.3 Å². The SMILES string of the molecule is CCC1(CC)CN(CCC(C)C)C(C)(CC)CN1. The van der Waals surface area contributed by atoms with Gasteiger partial charge in [0.2, 0.25) is 0 Å². The topological polar surface area (TPSA) is 15.3 Å². The molecule has 0 radical (unpaired) electrons. The van der Waals surface area contributed by atoms with Gasteiger partial charge in [-0.05, 0) is 45.1 Å². The number of hydrogen-bond donors (Lipinski definition) is 1. The first kappa shape index (κ1) is 16.0. The Morgan fingerprint density at radius 3 is 2.17 bits per heavy atom. The molecule has 0 aromatic heterocycles. The van der Waals surface area contributed by atoms with Crippen LogP contribution >= 0.6 is 0 Å². The average Bonchev–Trinajstić information content (AvgIpc) is 2.38. The van der Waals surface area contributed by atoms with E-state index < -0.39 is 0 Å². The average molecular weight is 254 g/mol. The molecule has 18 heavy (non-hydrogen) atoms. The summed E-state index contributed by atoms with van der Waals surface area (Å²) in [7, 11) is 0. The van der Waals surface area contributed by atoms with Crippen LogP contribution in [0, 0.1) is 5.92 Å². The third-order valence-corrected chi connectivity index (χ3v) is 5.19. The molecule has 1 unspecified atom stereocenters. The molecule has 2 nitrogen and oxygen atoms in total. The van der Waals surface area contributed by atoms with E-state index in [0.717, 1.165) is 12.5 Å². The quantitative estimate of drug-likeness (QED) is 0.778. The van der Waals surface area contributed by atoms with Crippen molar-refractivity contribution in [2.75, 3.05) is 19.6 Å². The predicted octanol–water partition coefficient (Wildman–Crippen LogP) is 3.67. The zero-order chi connectivity index (χ0) is 13.8. The molecule has 108 valence electrons. The lowest BCUT2D eigenvalue weighted by atomic mass is 9.82. The van der Waals surface area contributed by atoms with Crippen LogP contribution in [-0.4, -0.2) is 35.6 Å². The molecule has 1 fully saturated rings. The highest BCUT2D eigenvalue weighted by Crippen LogP contribution is 2.30. The normalized spacial score (nSPS) is 28.8. The fraction of sp³-hybridized carbons (Fsp3) is 1.00. The van der Waals surface area contributed by atoms with Gasteiger partial charge in [0.1, 0.15) is 0 Å². The van der Waals surface area contributed by atoms with Gasteiger partial charge in [-0.3, -0.25) is 4.90 Å². The van der Waals surface area contributed by atoms with Gasteiger partial charge >= 0.3 is 0 Å². The van der Waals surface area contributed by atoms with Crippen LogP contribution in [0.4, 0.5) is 0 Å². The summed E-state index contributed by atoms with van der Waals surface area (Å²) in [5, 5.41) is 3.85. The minimum absolute atomic E-state index is 0.350. The van der Waals surface area contributed by atoms with Crippen molar-refractivity contribution < 1.29 is 0 Å². The van der Waals surface area contributed by atoms with E-state index in [1.807, 2.05) is 0 Å². The summed E-state index contributed by atoms with van der Waals surface area (Å²) in [6, 6.07) is 0. The molecule has 0 aromatic rings. The van der Waals surface area contributed by atoms with Gasteiger partial charge in [-0.15, -0.1) is 0 Å². The molecule has 1 saturated heterocycles. The highest BCUT2D eigenvalue weighted by Gasteiger charge is 2.41. The lowest BCUT2D eigenvalue weighted by Crippen LogP contribution is -2.68. The maximum Gasteiger partial charge on any atom is 0.0304 e. The Kier molecular flexibility index (Phi) is 5.67. The van der Waals surface area contributed by atoms with E-state index in [-0.39, 0.29) is 0 Å². The Morgan fingerprint density at radius 2 is 1.72 bits per heavy atom. The fourth-order valence-corrected chi connectivity index (χ4v) is 2.94. The second-order valence-corrected chi connectivity index (χ2v) is 6.80. The summed E-state index contributed by atoms with van der Waals surface area (Å²) < 4.78 is 0. The second kappa shape index (κ2) is 6.38. The third kappa shape index (κ3) is 3.48. The van der Waals surface area contributed by atoms with Crippen molar-refractivity contribution in [3.05, 3.63) is 0 Å². The zero-order valence-electron chi connectivity index (χ0n) is 13.5. The van der Waals surface area contributed by atoms with Gasteiger partial charge < -0.3 is 5.32 Å². The highest BCUT2D eigenvalue weighted by molar-refractivity contribution is 5.02. The van der Waals surface area contributed by atoms with Gasteiger partial charge in [0.15, 0.2) is 0 Å². The first-order chi connectivity index (χ1) is 8.41. The lowest BCUT2D eigenvalue weighted by molar-refractivity contribution is 0.00629. The largest absolute Gasteiger partial charge is 0.308 e. The van der Waals surface area contributed by atoms with E-state index >= 15 is 0 Å². The molecular formula is C16H34N2. The summed E-state index contributed by atoms with van der Waals surface area (Å²) in [6.07, 6.45) is 5.03. The molecule has 0 amide bonds. The van der Waals surface area contributed by atoms with E-state index in [0.29, 0.717) is 11.1 Å². The maximum absolute atomic E-state index is 3.85. The van der Waals surface area contributed by atoms with E-state index in [4.69, 9.17) is 0 Å². The van der Waals surface area contributed by atoms with Gasteiger partial charge in [0.25, 0.3) is 0 Å². The standard InChI is InChI=1S/C16H34N2/c1-7-15(6)12-17-16(8-2,9-3)13-18(15)11-10-14(4)5/h14,17H,7-13H2,1-6H3. The molecule has 0 saturated carbocycles. The van der Waals surface area contributed by atoms with Crippen molar-refractivity contribution in [3.63, 3.8) is 0 Å². The molecule has 0 aliphatic carbocycles. The predicted molar refractivity (Wildman–Crippen MR) is 81.0 cm³/mol. The summed E-state index contributed by atoms with van der Waals surface area (Å²) in [6.45, 7) is 17.7. The molecule has 2 heteroatoms.